The molecule has 0 saturated carbocycles. The maximum absolute atomic E-state index is 13.8. The summed E-state index contributed by atoms with van der Waals surface area (Å²) in [7, 11) is 0. The normalized spacial score (nSPS) is 12.5. The Morgan fingerprint density at radius 3 is 2.30 bits per heavy atom. The summed E-state index contributed by atoms with van der Waals surface area (Å²) >= 11 is 0. The number of aryl methyl sites for hydroxylation is 1. The highest BCUT2D eigenvalue weighted by molar-refractivity contribution is 5.91. The summed E-state index contributed by atoms with van der Waals surface area (Å²) in [5.41, 5.74) is 10.2. The summed E-state index contributed by atoms with van der Waals surface area (Å²) in [6, 6.07) is 27.2. The third-order valence-electron chi connectivity index (χ3n) is 6.58. The third kappa shape index (κ3) is 8.46. The minimum absolute atomic E-state index is 0.123. The van der Waals surface area contributed by atoms with Gasteiger partial charge in [0.05, 0.1) is 5.56 Å². The van der Waals surface area contributed by atoms with Crippen LogP contribution in [0, 0.1) is 11.6 Å². The fourth-order valence-electron chi connectivity index (χ4n) is 4.46. The van der Waals surface area contributed by atoms with Crippen molar-refractivity contribution in [1.29, 1.82) is 0 Å². The van der Waals surface area contributed by atoms with E-state index in [0.717, 1.165) is 18.1 Å². The molecule has 5 nitrogen and oxygen atoms in total. The zero-order valence-corrected chi connectivity index (χ0v) is 22.5. The Morgan fingerprint density at radius 1 is 0.850 bits per heavy atom. The average molecular weight is 545 g/mol. The zero-order valence-electron chi connectivity index (χ0n) is 22.5. The lowest BCUT2D eigenvalue weighted by atomic mass is 10.0. The predicted octanol–water partition coefficient (Wildman–Crippen LogP) is 5.99. The Morgan fingerprint density at radius 2 is 1.55 bits per heavy atom. The van der Waals surface area contributed by atoms with Gasteiger partial charge in [-0.05, 0) is 59.9 Å². The van der Waals surface area contributed by atoms with Gasteiger partial charge in [-0.1, -0.05) is 67.6 Å². The number of carbonyl (C=O) groups excluding carboxylic acids is 1. The molecule has 0 fully saturated rings. The van der Waals surface area contributed by atoms with Gasteiger partial charge in [0.1, 0.15) is 30.1 Å². The first-order valence-corrected chi connectivity index (χ1v) is 13.4. The number of halogens is 2. The van der Waals surface area contributed by atoms with Crippen molar-refractivity contribution < 1.29 is 23.0 Å². The third-order valence-corrected chi connectivity index (χ3v) is 6.58. The van der Waals surface area contributed by atoms with E-state index in [9.17, 15) is 13.6 Å². The molecule has 4 rings (SSSR count). The van der Waals surface area contributed by atoms with E-state index in [-0.39, 0.29) is 19.6 Å². The van der Waals surface area contributed by atoms with Gasteiger partial charge in [0.15, 0.2) is 0 Å². The van der Waals surface area contributed by atoms with Crippen molar-refractivity contribution in [3.05, 3.63) is 137 Å². The van der Waals surface area contributed by atoms with Crippen LogP contribution in [0.5, 0.6) is 5.75 Å². The molecular formula is C33H34F2N2O3. The molecule has 0 aliphatic heterocycles. The topological polar surface area (TPSA) is 73.6 Å². The summed E-state index contributed by atoms with van der Waals surface area (Å²) in [6.45, 7) is 3.08. The number of carbonyl (C=O) groups is 1. The molecular weight excluding hydrogens is 510 g/mol. The lowest BCUT2D eigenvalue weighted by molar-refractivity contribution is 0.0235. The van der Waals surface area contributed by atoms with E-state index in [4.69, 9.17) is 15.2 Å². The highest BCUT2D eigenvalue weighted by Crippen LogP contribution is 2.18. The van der Waals surface area contributed by atoms with Gasteiger partial charge < -0.3 is 20.5 Å². The van der Waals surface area contributed by atoms with E-state index in [0.29, 0.717) is 29.0 Å². The first kappa shape index (κ1) is 28.9. The first-order valence-electron chi connectivity index (χ1n) is 13.4. The molecule has 0 saturated heterocycles. The molecule has 0 heterocycles. The number of hydrogen-bond acceptors (Lipinski definition) is 5. The summed E-state index contributed by atoms with van der Waals surface area (Å²) in [5, 5.41) is 3.33. The fourth-order valence-corrected chi connectivity index (χ4v) is 4.46. The van der Waals surface area contributed by atoms with Crippen molar-refractivity contribution in [2.24, 2.45) is 5.73 Å². The molecule has 2 atom stereocenters. The summed E-state index contributed by atoms with van der Waals surface area (Å²) in [5.74, 6) is -1.23. The van der Waals surface area contributed by atoms with Crippen LogP contribution in [0.15, 0.2) is 97.1 Å². The number of nitrogens with two attached hydrogens (primary N) is 1. The number of hydrogen-bond donors (Lipinski definition) is 2. The van der Waals surface area contributed by atoms with Gasteiger partial charge in [-0.25, -0.2) is 13.6 Å². The second-order valence-corrected chi connectivity index (χ2v) is 9.65. The predicted molar refractivity (Wildman–Crippen MR) is 152 cm³/mol. The van der Waals surface area contributed by atoms with Crippen molar-refractivity contribution in [3.63, 3.8) is 0 Å². The molecule has 0 radical (unpaired) electrons. The highest BCUT2D eigenvalue weighted by Gasteiger charge is 2.25. The second-order valence-electron chi connectivity index (χ2n) is 9.65. The van der Waals surface area contributed by atoms with Gasteiger partial charge in [0.2, 0.25) is 0 Å². The molecule has 2 unspecified atom stereocenters. The van der Waals surface area contributed by atoms with Gasteiger partial charge in [0.25, 0.3) is 0 Å². The molecule has 0 aromatic heterocycles. The molecule has 0 aliphatic carbocycles. The maximum atomic E-state index is 13.8. The van der Waals surface area contributed by atoms with E-state index in [1.807, 2.05) is 54.6 Å². The molecule has 0 aliphatic rings. The molecule has 40 heavy (non-hydrogen) atoms. The number of benzene rings is 4. The van der Waals surface area contributed by atoms with E-state index in [1.54, 1.807) is 12.1 Å². The van der Waals surface area contributed by atoms with Gasteiger partial charge in [-0.15, -0.1) is 0 Å². The Balaban J connectivity index is 1.48. The molecule has 0 spiro atoms. The summed E-state index contributed by atoms with van der Waals surface area (Å²) in [4.78, 5) is 13.4. The molecule has 208 valence electrons. The molecule has 4 aromatic rings. The monoisotopic (exact) mass is 544 g/mol. The van der Waals surface area contributed by atoms with Crippen LogP contribution < -0.4 is 15.8 Å². The van der Waals surface area contributed by atoms with Crippen molar-refractivity contribution in [3.8, 4) is 5.75 Å². The Hall–Kier alpha value is -4.07. The van der Waals surface area contributed by atoms with E-state index < -0.39 is 29.7 Å². The SMILES string of the molecule is CCc1cccc(CNCC(OC(=O)c2ccccc2COc2ccccc2)C(N)Cc2cc(F)cc(F)c2)c1. The number of rotatable bonds is 13. The Kier molecular flexibility index (Phi) is 10.4. The minimum atomic E-state index is -0.767. The van der Waals surface area contributed by atoms with Crippen molar-refractivity contribution in [2.45, 2.75) is 45.1 Å². The molecule has 0 bridgehead atoms. The Bertz CT molecular complexity index is 1380. The average Bonchev–Trinajstić information content (AvgIpc) is 2.95. The molecule has 0 amide bonds. The van der Waals surface area contributed by atoms with Crippen LogP contribution in [0.2, 0.25) is 0 Å². The lowest BCUT2D eigenvalue weighted by Crippen LogP contribution is -2.46. The quantitative estimate of drug-likeness (QED) is 0.202. The van der Waals surface area contributed by atoms with Crippen LogP contribution in [0.4, 0.5) is 8.78 Å². The van der Waals surface area contributed by atoms with E-state index in [2.05, 4.69) is 24.4 Å². The van der Waals surface area contributed by atoms with Crippen LogP contribution >= 0.6 is 0 Å². The fraction of sp³-hybridized carbons (Fsp3) is 0.242. The van der Waals surface area contributed by atoms with E-state index >= 15 is 0 Å². The van der Waals surface area contributed by atoms with Crippen molar-refractivity contribution in [2.75, 3.05) is 6.54 Å². The lowest BCUT2D eigenvalue weighted by Gasteiger charge is -2.25. The first-order chi connectivity index (χ1) is 19.4. The van der Waals surface area contributed by atoms with Gasteiger partial charge in [-0.3, -0.25) is 0 Å². The summed E-state index contributed by atoms with van der Waals surface area (Å²) < 4.78 is 39.4. The van der Waals surface area contributed by atoms with E-state index in [1.165, 1.54) is 17.7 Å². The standard InChI is InChI=1S/C33H34F2N2O3/c1-2-23-9-8-10-24(15-23)20-37-21-32(31(36)18-25-16-27(34)19-28(35)17-25)40-33(38)30-14-7-6-11-26(30)22-39-29-12-4-3-5-13-29/h3-17,19,31-32,37H,2,18,20-22,36H2,1H3. The zero-order chi connectivity index (χ0) is 28.3. The van der Waals surface area contributed by atoms with Gasteiger partial charge in [-0.2, -0.15) is 0 Å². The molecule has 4 aromatic carbocycles. The number of nitrogens with one attached hydrogen (secondary N) is 1. The largest absolute Gasteiger partial charge is 0.489 e. The summed E-state index contributed by atoms with van der Waals surface area (Å²) in [6.07, 6.45) is 0.283. The minimum Gasteiger partial charge on any atom is -0.489 e. The number of esters is 1. The highest BCUT2D eigenvalue weighted by atomic mass is 19.1. The Labute approximate surface area is 233 Å². The molecule has 7 heteroatoms. The second kappa shape index (κ2) is 14.4. The van der Waals surface area contributed by atoms with Crippen LogP contribution in [-0.4, -0.2) is 24.7 Å². The number of ether oxygens (including phenoxy) is 2. The number of para-hydroxylation sites is 1. The smallest absolute Gasteiger partial charge is 0.338 e. The van der Waals surface area contributed by atoms with Crippen molar-refractivity contribution in [1.82, 2.24) is 5.32 Å². The van der Waals surface area contributed by atoms with Crippen LogP contribution in [0.3, 0.4) is 0 Å². The van der Waals surface area contributed by atoms with Crippen LogP contribution in [0.25, 0.3) is 0 Å². The maximum Gasteiger partial charge on any atom is 0.338 e. The molecule has 3 N–H and O–H groups in total. The van der Waals surface area contributed by atoms with Crippen LogP contribution in [-0.2, 0) is 30.7 Å². The van der Waals surface area contributed by atoms with Gasteiger partial charge in [0, 0.05) is 30.8 Å². The van der Waals surface area contributed by atoms with Crippen molar-refractivity contribution >= 4 is 5.97 Å². The van der Waals surface area contributed by atoms with Crippen LogP contribution in [0.1, 0.15) is 39.5 Å². The van der Waals surface area contributed by atoms with Gasteiger partial charge >= 0.3 is 5.97 Å².